The summed E-state index contributed by atoms with van der Waals surface area (Å²) in [5.41, 5.74) is 1.30. The molecule has 0 atom stereocenters. The number of rotatable bonds is 7. The highest BCUT2D eigenvalue weighted by atomic mass is 79.9. The van der Waals surface area contributed by atoms with E-state index in [4.69, 9.17) is 9.47 Å². The van der Waals surface area contributed by atoms with E-state index in [1.54, 1.807) is 43.5 Å². The zero-order valence-electron chi connectivity index (χ0n) is 15.5. The molecular formula is C20H19BrN2O5. The fraction of sp³-hybridized carbons (Fsp3) is 0.250. The monoisotopic (exact) mass is 446 g/mol. The first-order chi connectivity index (χ1) is 13.4. The summed E-state index contributed by atoms with van der Waals surface area (Å²) < 4.78 is 11.1. The van der Waals surface area contributed by atoms with Crippen molar-refractivity contribution in [3.63, 3.8) is 0 Å². The van der Waals surface area contributed by atoms with Crippen molar-refractivity contribution < 1.29 is 23.9 Å². The maximum atomic E-state index is 12.4. The van der Waals surface area contributed by atoms with E-state index in [2.05, 4.69) is 21.2 Å². The molecule has 1 N–H and O–H groups in total. The Morgan fingerprint density at radius 1 is 1.04 bits per heavy atom. The Labute approximate surface area is 170 Å². The topological polar surface area (TPSA) is 84.9 Å². The SMILES string of the molecule is COc1ccc(NC(=O)CCCN2C(=O)c3ccc(Br)cc3C2=O)c(OC)c1. The fourth-order valence-electron chi connectivity index (χ4n) is 2.98. The van der Waals surface area contributed by atoms with Gasteiger partial charge in [0.1, 0.15) is 11.5 Å². The van der Waals surface area contributed by atoms with Crippen LogP contribution in [0.1, 0.15) is 33.6 Å². The molecule has 2 aromatic rings. The molecule has 0 spiro atoms. The summed E-state index contributed by atoms with van der Waals surface area (Å²) >= 11 is 3.30. The Morgan fingerprint density at radius 3 is 2.50 bits per heavy atom. The molecule has 146 valence electrons. The van der Waals surface area contributed by atoms with Gasteiger partial charge in [-0.1, -0.05) is 15.9 Å². The number of carbonyl (C=O) groups is 3. The first-order valence-corrected chi connectivity index (χ1v) is 9.41. The summed E-state index contributed by atoms with van der Waals surface area (Å²) in [7, 11) is 3.05. The van der Waals surface area contributed by atoms with Crippen molar-refractivity contribution in [1.82, 2.24) is 4.90 Å². The lowest BCUT2D eigenvalue weighted by Crippen LogP contribution is -2.31. The summed E-state index contributed by atoms with van der Waals surface area (Å²) in [6.07, 6.45) is 0.517. The van der Waals surface area contributed by atoms with E-state index >= 15 is 0 Å². The minimum absolute atomic E-state index is 0.159. The van der Waals surface area contributed by atoms with Gasteiger partial charge in [-0.15, -0.1) is 0 Å². The lowest BCUT2D eigenvalue weighted by Gasteiger charge is -2.14. The molecule has 7 nitrogen and oxygen atoms in total. The molecule has 0 bridgehead atoms. The third-order valence-electron chi connectivity index (χ3n) is 4.40. The number of carbonyl (C=O) groups excluding carboxylic acids is 3. The lowest BCUT2D eigenvalue weighted by atomic mass is 10.1. The standard InChI is InChI=1S/C20H19BrN2O5/c1-27-13-6-8-16(17(11-13)28-2)22-18(24)4-3-9-23-19(25)14-7-5-12(21)10-15(14)20(23)26/h5-8,10-11H,3-4,9H2,1-2H3,(H,22,24). The van der Waals surface area contributed by atoms with Crippen molar-refractivity contribution in [3.05, 3.63) is 52.0 Å². The number of amides is 3. The number of halogens is 1. The average Bonchev–Trinajstić information content (AvgIpc) is 2.92. The van der Waals surface area contributed by atoms with E-state index in [1.165, 1.54) is 12.0 Å². The second-order valence-electron chi connectivity index (χ2n) is 6.17. The molecule has 3 rings (SSSR count). The number of fused-ring (bicyclic) bond motifs is 1. The molecule has 0 unspecified atom stereocenters. The number of nitrogens with one attached hydrogen (secondary N) is 1. The van der Waals surface area contributed by atoms with Crippen LogP contribution in [0.25, 0.3) is 0 Å². The van der Waals surface area contributed by atoms with Gasteiger partial charge in [-0.25, -0.2) is 0 Å². The Morgan fingerprint density at radius 2 is 1.79 bits per heavy atom. The smallest absolute Gasteiger partial charge is 0.261 e. The first kappa shape index (κ1) is 19.9. The van der Waals surface area contributed by atoms with E-state index in [-0.39, 0.29) is 30.7 Å². The van der Waals surface area contributed by atoms with Gasteiger partial charge in [0.25, 0.3) is 11.8 Å². The summed E-state index contributed by atoms with van der Waals surface area (Å²) in [4.78, 5) is 38.2. The van der Waals surface area contributed by atoms with Crippen LogP contribution in [0, 0.1) is 0 Å². The van der Waals surface area contributed by atoms with Crippen molar-refractivity contribution in [2.24, 2.45) is 0 Å². The molecule has 0 fully saturated rings. The molecule has 8 heteroatoms. The number of benzene rings is 2. The molecule has 0 aromatic heterocycles. The van der Waals surface area contributed by atoms with E-state index in [9.17, 15) is 14.4 Å². The predicted octanol–water partition coefficient (Wildman–Crippen LogP) is 3.48. The molecule has 3 amide bonds. The lowest BCUT2D eigenvalue weighted by molar-refractivity contribution is -0.116. The van der Waals surface area contributed by atoms with Gasteiger partial charge in [-0.2, -0.15) is 0 Å². The first-order valence-electron chi connectivity index (χ1n) is 8.62. The summed E-state index contributed by atoms with van der Waals surface area (Å²) in [6.45, 7) is 0.178. The molecular weight excluding hydrogens is 428 g/mol. The molecule has 1 aliphatic heterocycles. The van der Waals surface area contributed by atoms with Crippen molar-refractivity contribution in [2.45, 2.75) is 12.8 Å². The summed E-state index contributed by atoms with van der Waals surface area (Å²) in [5.74, 6) is 0.205. The molecule has 0 aliphatic carbocycles. The third kappa shape index (κ3) is 4.01. The third-order valence-corrected chi connectivity index (χ3v) is 4.89. The molecule has 0 saturated heterocycles. The minimum Gasteiger partial charge on any atom is -0.497 e. The molecule has 28 heavy (non-hydrogen) atoms. The number of hydrogen-bond acceptors (Lipinski definition) is 5. The van der Waals surface area contributed by atoms with Crippen molar-refractivity contribution in [3.8, 4) is 11.5 Å². The largest absolute Gasteiger partial charge is 0.497 e. The van der Waals surface area contributed by atoms with Gasteiger partial charge >= 0.3 is 0 Å². The molecule has 2 aromatic carbocycles. The van der Waals surface area contributed by atoms with Crippen LogP contribution in [0.4, 0.5) is 5.69 Å². The molecule has 0 radical (unpaired) electrons. The van der Waals surface area contributed by atoms with Crippen LogP contribution >= 0.6 is 15.9 Å². The van der Waals surface area contributed by atoms with Crippen molar-refractivity contribution >= 4 is 39.3 Å². The number of imide groups is 1. The van der Waals surface area contributed by atoms with Gasteiger partial charge in [0.2, 0.25) is 5.91 Å². The molecule has 0 saturated carbocycles. The quantitative estimate of drug-likeness (QED) is 0.657. The fourth-order valence-corrected chi connectivity index (χ4v) is 3.34. The maximum absolute atomic E-state index is 12.4. The van der Waals surface area contributed by atoms with Crippen LogP contribution in [-0.2, 0) is 4.79 Å². The van der Waals surface area contributed by atoms with Crippen LogP contribution < -0.4 is 14.8 Å². The van der Waals surface area contributed by atoms with E-state index in [0.717, 1.165) is 4.47 Å². The van der Waals surface area contributed by atoms with E-state index in [0.29, 0.717) is 34.7 Å². The van der Waals surface area contributed by atoms with Crippen LogP contribution in [0.5, 0.6) is 11.5 Å². The normalized spacial score (nSPS) is 12.8. The average molecular weight is 447 g/mol. The Kier molecular flexibility index (Phi) is 5.99. The van der Waals surface area contributed by atoms with Gasteiger partial charge in [0, 0.05) is 23.5 Å². The van der Waals surface area contributed by atoms with Gasteiger partial charge in [0.15, 0.2) is 0 Å². The van der Waals surface area contributed by atoms with Gasteiger partial charge < -0.3 is 14.8 Å². The number of hydrogen-bond donors (Lipinski definition) is 1. The maximum Gasteiger partial charge on any atom is 0.261 e. The second kappa shape index (κ2) is 8.43. The number of nitrogens with zero attached hydrogens (tertiary/aromatic N) is 1. The van der Waals surface area contributed by atoms with Gasteiger partial charge in [-0.05, 0) is 36.8 Å². The van der Waals surface area contributed by atoms with Crippen LogP contribution in [0.15, 0.2) is 40.9 Å². The minimum atomic E-state index is -0.335. The van der Waals surface area contributed by atoms with Gasteiger partial charge in [-0.3, -0.25) is 19.3 Å². The molecule has 1 aliphatic rings. The highest BCUT2D eigenvalue weighted by Crippen LogP contribution is 2.29. The second-order valence-corrected chi connectivity index (χ2v) is 7.09. The Hall–Kier alpha value is -2.87. The number of methoxy groups -OCH3 is 2. The summed E-state index contributed by atoms with van der Waals surface area (Å²) in [5, 5.41) is 2.77. The Balaban J connectivity index is 1.57. The number of ether oxygens (including phenoxy) is 2. The van der Waals surface area contributed by atoms with Crippen molar-refractivity contribution in [2.75, 3.05) is 26.1 Å². The zero-order chi connectivity index (χ0) is 20.3. The van der Waals surface area contributed by atoms with Gasteiger partial charge in [0.05, 0.1) is 31.0 Å². The molecule has 1 heterocycles. The van der Waals surface area contributed by atoms with E-state index < -0.39 is 0 Å². The Bertz CT molecular complexity index is 944. The van der Waals surface area contributed by atoms with Crippen LogP contribution in [0.3, 0.4) is 0 Å². The summed E-state index contributed by atoms with van der Waals surface area (Å²) in [6, 6.07) is 10.1. The predicted molar refractivity (Wildman–Crippen MR) is 107 cm³/mol. The van der Waals surface area contributed by atoms with Crippen LogP contribution in [-0.4, -0.2) is 43.4 Å². The highest BCUT2D eigenvalue weighted by Gasteiger charge is 2.35. The van der Waals surface area contributed by atoms with Crippen LogP contribution in [0.2, 0.25) is 0 Å². The number of anilines is 1. The highest BCUT2D eigenvalue weighted by molar-refractivity contribution is 9.10. The van der Waals surface area contributed by atoms with Crippen molar-refractivity contribution in [1.29, 1.82) is 0 Å². The van der Waals surface area contributed by atoms with E-state index in [1.807, 2.05) is 0 Å². The zero-order valence-corrected chi connectivity index (χ0v) is 17.0.